The van der Waals surface area contributed by atoms with Crippen LogP contribution in [0, 0.1) is 11.3 Å². The summed E-state index contributed by atoms with van der Waals surface area (Å²) in [6.07, 6.45) is 7.36. The topological polar surface area (TPSA) is 56.9 Å². The van der Waals surface area contributed by atoms with Gasteiger partial charge in [-0.2, -0.15) is 17.0 Å². The van der Waals surface area contributed by atoms with Crippen molar-refractivity contribution in [3.05, 3.63) is 59.5 Å². The van der Waals surface area contributed by atoms with Gasteiger partial charge >= 0.3 is 0 Å². The number of pyridine rings is 1. The molecular formula is C27H32N2OS3. The molecule has 1 aromatic carbocycles. The van der Waals surface area contributed by atoms with Gasteiger partial charge in [-0.1, -0.05) is 75.4 Å². The number of hydrogen-bond acceptors (Lipinski definition) is 6. The fourth-order valence-electron chi connectivity index (χ4n) is 3.56. The number of benzene rings is 1. The lowest BCUT2D eigenvalue weighted by atomic mass is 10.0. The molecule has 0 aliphatic rings. The minimum absolute atomic E-state index is 0.418. The summed E-state index contributed by atoms with van der Waals surface area (Å²) >= 11 is 4.95. The summed E-state index contributed by atoms with van der Waals surface area (Å²) < 4.78 is 0. The highest BCUT2D eigenvalue weighted by Gasteiger charge is 2.17. The normalized spacial score (nSPS) is 11.9. The monoisotopic (exact) mass is 496 g/mol. The maximum atomic E-state index is 10.5. The number of nitriles is 1. The zero-order valence-corrected chi connectivity index (χ0v) is 21.7. The van der Waals surface area contributed by atoms with Crippen LogP contribution in [0.25, 0.3) is 21.7 Å². The van der Waals surface area contributed by atoms with Crippen LogP contribution in [0.4, 0.5) is 0 Å². The van der Waals surface area contributed by atoms with E-state index in [1.54, 1.807) is 11.3 Å². The Bertz CT molecular complexity index is 1000. The molecular weight excluding hydrogens is 465 g/mol. The Morgan fingerprint density at radius 1 is 1.03 bits per heavy atom. The quantitative estimate of drug-likeness (QED) is 0.182. The summed E-state index contributed by atoms with van der Waals surface area (Å²) in [6, 6.07) is 18.4. The van der Waals surface area contributed by atoms with Gasteiger partial charge in [-0.05, 0) is 35.2 Å². The fraction of sp³-hybridized carbons (Fsp3) is 0.407. The fourth-order valence-corrected chi connectivity index (χ4v) is 6.29. The van der Waals surface area contributed by atoms with Gasteiger partial charge in [0.05, 0.1) is 22.2 Å². The molecule has 0 radical (unpaired) electrons. The highest BCUT2D eigenvalue weighted by atomic mass is 32.2. The van der Waals surface area contributed by atoms with Crippen molar-refractivity contribution in [1.82, 2.24) is 4.98 Å². The van der Waals surface area contributed by atoms with Crippen molar-refractivity contribution in [1.29, 1.82) is 5.26 Å². The molecule has 0 aliphatic heterocycles. The maximum absolute atomic E-state index is 10.5. The molecule has 0 saturated heterocycles. The highest BCUT2D eigenvalue weighted by molar-refractivity contribution is 8.00. The van der Waals surface area contributed by atoms with E-state index < -0.39 is 6.10 Å². The van der Waals surface area contributed by atoms with Gasteiger partial charge in [0.1, 0.15) is 11.1 Å². The average Bonchev–Trinajstić information content (AvgIpc) is 3.39. The zero-order chi connectivity index (χ0) is 23.3. The van der Waals surface area contributed by atoms with Crippen molar-refractivity contribution < 1.29 is 5.11 Å². The molecule has 1 unspecified atom stereocenters. The lowest BCUT2D eigenvalue weighted by Crippen LogP contribution is -2.14. The van der Waals surface area contributed by atoms with Gasteiger partial charge in [0.2, 0.25) is 0 Å². The number of rotatable bonds is 14. The Balaban J connectivity index is 1.63. The predicted octanol–water partition coefficient (Wildman–Crippen LogP) is 7.90. The molecule has 1 atom stereocenters. The molecule has 2 heterocycles. The summed E-state index contributed by atoms with van der Waals surface area (Å²) in [4.78, 5) is 5.90. The van der Waals surface area contributed by atoms with E-state index in [1.807, 2.05) is 59.6 Å². The van der Waals surface area contributed by atoms with Crippen LogP contribution in [0.3, 0.4) is 0 Å². The van der Waals surface area contributed by atoms with Crippen molar-refractivity contribution in [3.63, 3.8) is 0 Å². The van der Waals surface area contributed by atoms with E-state index in [0.717, 1.165) is 33.2 Å². The summed E-state index contributed by atoms with van der Waals surface area (Å²) in [7, 11) is 0. The minimum Gasteiger partial charge on any atom is -0.391 e. The van der Waals surface area contributed by atoms with Crippen LogP contribution < -0.4 is 0 Å². The number of nitrogens with zero attached hydrogens (tertiary/aromatic N) is 2. The Morgan fingerprint density at radius 2 is 1.82 bits per heavy atom. The summed E-state index contributed by atoms with van der Waals surface area (Å²) in [5.74, 6) is 2.36. The zero-order valence-electron chi connectivity index (χ0n) is 19.2. The second-order valence-corrected chi connectivity index (χ2v) is 11.1. The lowest BCUT2D eigenvalue weighted by Gasteiger charge is -2.14. The number of unbranched alkanes of at least 4 members (excludes halogenated alkanes) is 5. The van der Waals surface area contributed by atoms with Gasteiger partial charge in [-0.25, -0.2) is 4.98 Å². The first-order chi connectivity index (χ1) is 16.2. The van der Waals surface area contributed by atoms with E-state index in [2.05, 4.69) is 19.1 Å². The third-order valence-corrected chi connectivity index (χ3v) is 8.53. The molecule has 0 saturated carbocycles. The Morgan fingerprint density at radius 3 is 2.55 bits per heavy atom. The number of aliphatic hydroxyl groups excluding tert-OH is 1. The number of hydrogen-bond donors (Lipinski definition) is 1. The van der Waals surface area contributed by atoms with Crippen molar-refractivity contribution in [2.24, 2.45) is 0 Å². The molecule has 6 heteroatoms. The maximum Gasteiger partial charge on any atom is 0.115 e. The third kappa shape index (κ3) is 8.19. The molecule has 0 amide bonds. The average molecular weight is 497 g/mol. The lowest BCUT2D eigenvalue weighted by molar-refractivity contribution is 0.225. The van der Waals surface area contributed by atoms with Gasteiger partial charge in [0.15, 0.2) is 0 Å². The van der Waals surface area contributed by atoms with Crippen molar-refractivity contribution in [2.75, 3.05) is 17.3 Å². The van der Waals surface area contributed by atoms with Crippen LogP contribution in [0.15, 0.2) is 58.9 Å². The molecule has 33 heavy (non-hydrogen) atoms. The van der Waals surface area contributed by atoms with E-state index >= 15 is 0 Å². The largest absolute Gasteiger partial charge is 0.391 e. The minimum atomic E-state index is -0.418. The van der Waals surface area contributed by atoms with Crippen molar-refractivity contribution >= 4 is 34.9 Å². The van der Waals surface area contributed by atoms with E-state index in [0.29, 0.717) is 16.3 Å². The summed E-state index contributed by atoms with van der Waals surface area (Å²) in [5.41, 5.74) is 3.35. The summed E-state index contributed by atoms with van der Waals surface area (Å²) in [5, 5.41) is 23.2. The number of thiophene rings is 1. The second kappa shape index (κ2) is 14.5. The number of thioether (sulfide) groups is 2. The van der Waals surface area contributed by atoms with Gasteiger partial charge in [-0.3, -0.25) is 0 Å². The molecule has 0 spiro atoms. The van der Waals surface area contributed by atoms with Crippen molar-refractivity contribution in [3.8, 4) is 27.8 Å². The van der Waals surface area contributed by atoms with E-state index in [9.17, 15) is 10.4 Å². The molecule has 0 bridgehead atoms. The van der Waals surface area contributed by atoms with Crippen LogP contribution in [0.2, 0.25) is 0 Å². The molecule has 0 aliphatic carbocycles. The SMILES string of the molecule is CCCCCCCCSCC(O)CSc1nc(-c2cccs2)cc(-c2ccccc2)c1C#N. The highest BCUT2D eigenvalue weighted by Crippen LogP contribution is 2.35. The van der Waals surface area contributed by atoms with Crippen LogP contribution in [0.5, 0.6) is 0 Å². The van der Waals surface area contributed by atoms with Crippen LogP contribution in [-0.4, -0.2) is 33.5 Å². The van der Waals surface area contributed by atoms with Gasteiger partial charge < -0.3 is 5.11 Å². The molecule has 1 N–H and O–H groups in total. The van der Waals surface area contributed by atoms with Gasteiger partial charge in [-0.15, -0.1) is 23.1 Å². The summed E-state index contributed by atoms with van der Waals surface area (Å²) in [6.45, 7) is 2.24. The predicted molar refractivity (Wildman–Crippen MR) is 145 cm³/mol. The van der Waals surface area contributed by atoms with Gasteiger partial charge in [0.25, 0.3) is 0 Å². The Labute approximate surface area is 210 Å². The molecule has 3 rings (SSSR count). The first kappa shape index (κ1) is 25.8. The first-order valence-electron chi connectivity index (χ1n) is 11.7. The van der Waals surface area contributed by atoms with E-state index in [-0.39, 0.29) is 0 Å². The second-order valence-electron chi connectivity index (χ2n) is 8.00. The van der Waals surface area contributed by atoms with Gasteiger partial charge in [0, 0.05) is 17.1 Å². The van der Waals surface area contributed by atoms with E-state index in [4.69, 9.17) is 4.98 Å². The smallest absolute Gasteiger partial charge is 0.115 e. The molecule has 174 valence electrons. The molecule has 2 aromatic heterocycles. The van der Waals surface area contributed by atoms with Crippen LogP contribution >= 0.6 is 34.9 Å². The van der Waals surface area contributed by atoms with Crippen molar-refractivity contribution in [2.45, 2.75) is 56.6 Å². The number of aromatic nitrogens is 1. The van der Waals surface area contributed by atoms with Crippen LogP contribution in [-0.2, 0) is 0 Å². The first-order valence-corrected chi connectivity index (χ1v) is 14.7. The Hall–Kier alpha value is -1.78. The van der Waals surface area contributed by atoms with E-state index in [1.165, 1.54) is 50.3 Å². The van der Waals surface area contributed by atoms with Crippen LogP contribution in [0.1, 0.15) is 51.0 Å². The Kier molecular flexibility index (Phi) is 11.3. The standard InChI is InChI=1S/C27H32N2OS3/c1-2-3-4-5-6-10-15-31-19-22(30)20-33-27-24(18-28)23(21-12-8-7-9-13-21)17-25(29-27)26-14-11-16-32-26/h7-9,11-14,16-17,22,30H,2-6,10,15,19-20H2,1H3. The molecule has 0 fully saturated rings. The number of aliphatic hydroxyl groups is 1. The molecule has 3 nitrogen and oxygen atoms in total. The molecule has 3 aromatic rings. The third-order valence-electron chi connectivity index (χ3n) is 5.32.